The van der Waals surface area contributed by atoms with E-state index in [2.05, 4.69) is 59.4 Å². The number of aliphatic imine (C=N–C) groups is 1. The molecule has 2 aliphatic heterocycles. The van der Waals surface area contributed by atoms with Gasteiger partial charge in [0, 0.05) is 33.3 Å². The molecular weight excluding hydrogens is 477 g/mol. The highest BCUT2D eigenvalue weighted by Gasteiger charge is 2.25. The summed E-state index contributed by atoms with van der Waals surface area (Å²) in [6.07, 6.45) is 6.16. The monoisotopic (exact) mass is 515 g/mol. The summed E-state index contributed by atoms with van der Waals surface area (Å²) in [4.78, 5) is 6.89. The molecule has 0 bridgehead atoms. The number of likely N-dealkylation sites (tertiary alicyclic amines) is 1. The lowest BCUT2D eigenvalue weighted by Gasteiger charge is -2.36. The number of rotatable bonds is 7. The number of benzene rings is 1. The second kappa shape index (κ2) is 12.1. The average Bonchev–Trinajstić information content (AvgIpc) is 3.22. The fourth-order valence-electron chi connectivity index (χ4n) is 4.12. The topological polar surface area (TPSA) is 46.1 Å². The number of hydrogen-bond acceptors (Lipinski definition) is 3. The first-order chi connectivity index (χ1) is 13.6. The molecule has 1 aromatic rings. The minimum atomic E-state index is 0. The number of halogens is 1. The lowest BCUT2D eigenvalue weighted by molar-refractivity contribution is -0.0367. The van der Waals surface area contributed by atoms with Gasteiger partial charge in [0.2, 0.25) is 0 Å². The molecule has 1 unspecified atom stereocenters. The van der Waals surface area contributed by atoms with Crippen LogP contribution in [0.2, 0.25) is 0 Å². The van der Waals surface area contributed by atoms with Crippen molar-refractivity contribution >= 4 is 29.9 Å². The number of piperidine rings is 1. The van der Waals surface area contributed by atoms with Gasteiger partial charge in [0.1, 0.15) is 0 Å². The Morgan fingerprint density at radius 1 is 1.21 bits per heavy atom. The van der Waals surface area contributed by atoms with Crippen LogP contribution in [-0.2, 0) is 15.9 Å². The molecule has 2 heterocycles. The number of nitrogens with zero attached hydrogens (tertiary/aromatic N) is 2. The minimum Gasteiger partial charge on any atom is -0.376 e. The normalized spacial score (nSPS) is 21.1. The van der Waals surface area contributed by atoms with Gasteiger partial charge in [0.25, 0.3) is 0 Å². The van der Waals surface area contributed by atoms with Gasteiger partial charge in [-0.2, -0.15) is 0 Å². The lowest BCUT2D eigenvalue weighted by Crippen LogP contribution is -2.49. The Bertz CT molecular complexity index is 610. The van der Waals surface area contributed by atoms with E-state index in [-0.39, 0.29) is 29.4 Å². The number of hydrogen-bond donors (Lipinski definition) is 1. The van der Waals surface area contributed by atoms with Gasteiger partial charge in [-0.1, -0.05) is 44.2 Å². The molecule has 5 nitrogen and oxygen atoms in total. The molecule has 29 heavy (non-hydrogen) atoms. The van der Waals surface area contributed by atoms with Gasteiger partial charge in [0.15, 0.2) is 5.96 Å². The van der Waals surface area contributed by atoms with E-state index in [0.29, 0.717) is 12.2 Å². The summed E-state index contributed by atoms with van der Waals surface area (Å²) in [5.41, 5.74) is 1.55. The average molecular weight is 515 g/mol. The fraction of sp³-hybridized carbons (Fsp3) is 0.696. The first kappa shape index (κ1) is 24.4. The maximum Gasteiger partial charge on any atom is 0.193 e. The highest BCUT2D eigenvalue weighted by atomic mass is 127. The van der Waals surface area contributed by atoms with Crippen LogP contribution in [0.3, 0.4) is 0 Å². The predicted octanol–water partition coefficient (Wildman–Crippen LogP) is 4.11. The summed E-state index contributed by atoms with van der Waals surface area (Å²) in [6, 6.07) is 10.7. The van der Waals surface area contributed by atoms with E-state index in [9.17, 15) is 0 Å². The largest absolute Gasteiger partial charge is 0.376 e. The van der Waals surface area contributed by atoms with Gasteiger partial charge < -0.3 is 19.7 Å². The van der Waals surface area contributed by atoms with Gasteiger partial charge in [-0.25, -0.2) is 0 Å². The zero-order valence-electron chi connectivity index (χ0n) is 18.2. The van der Waals surface area contributed by atoms with E-state index in [1.54, 1.807) is 0 Å². The Morgan fingerprint density at radius 2 is 1.93 bits per heavy atom. The molecule has 0 aromatic heterocycles. The van der Waals surface area contributed by atoms with Gasteiger partial charge >= 0.3 is 0 Å². The molecule has 0 saturated carbocycles. The molecule has 1 atom stereocenters. The first-order valence-electron chi connectivity index (χ1n) is 10.8. The van der Waals surface area contributed by atoms with Crippen molar-refractivity contribution in [2.45, 2.75) is 58.2 Å². The van der Waals surface area contributed by atoms with E-state index in [1.165, 1.54) is 12.0 Å². The van der Waals surface area contributed by atoms with E-state index in [4.69, 9.17) is 9.47 Å². The van der Waals surface area contributed by atoms with Gasteiger partial charge in [-0.3, -0.25) is 4.99 Å². The number of nitrogens with one attached hydrogen (secondary N) is 1. The molecule has 2 saturated heterocycles. The zero-order chi connectivity index (χ0) is 19.8. The molecule has 1 aromatic carbocycles. The molecule has 0 amide bonds. The van der Waals surface area contributed by atoms with E-state index >= 15 is 0 Å². The Labute approximate surface area is 193 Å². The van der Waals surface area contributed by atoms with Gasteiger partial charge in [0.05, 0.1) is 18.8 Å². The van der Waals surface area contributed by atoms with Crippen LogP contribution in [0.4, 0.5) is 0 Å². The highest BCUT2D eigenvalue weighted by Crippen LogP contribution is 2.22. The molecule has 1 N–H and O–H groups in total. The van der Waals surface area contributed by atoms with Crippen LogP contribution >= 0.6 is 24.0 Å². The number of ether oxygens (including phenoxy) is 2. The zero-order valence-corrected chi connectivity index (χ0v) is 20.6. The van der Waals surface area contributed by atoms with Crippen LogP contribution < -0.4 is 5.32 Å². The summed E-state index contributed by atoms with van der Waals surface area (Å²) < 4.78 is 11.8. The molecule has 6 heteroatoms. The van der Waals surface area contributed by atoms with E-state index < -0.39 is 0 Å². The van der Waals surface area contributed by atoms with E-state index in [1.807, 2.05) is 7.05 Å². The van der Waals surface area contributed by atoms with Crippen LogP contribution in [-0.4, -0.2) is 63.0 Å². The quantitative estimate of drug-likeness (QED) is 0.338. The predicted molar refractivity (Wildman–Crippen MR) is 130 cm³/mol. The van der Waals surface area contributed by atoms with Crippen molar-refractivity contribution in [3.63, 3.8) is 0 Å². The van der Waals surface area contributed by atoms with Crippen LogP contribution in [0.15, 0.2) is 35.3 Å². The standard InChI is InChI=1S/C23H37N3O2.HI/c1-23(2,16-19-8-5-4-6-9-19)18-25-22(24-3)26-13-11-20(12-14-26)28-17-21-10-7-15-27-21;/h4-6,8-9,20-21H,7,10-18H2,1-3H3,(H,24,25);1H. The Kier molecular flexibility index (Phi) is 10.2. The van der Waals surface area contributed by atoms with Crippen molar-refractivity contribution in [2.24, 2.45) is 10.4 Å². The smallest absolute Gasteiger partial charge is 0.193 e. The van der Waals surface area contributed by atoms with Crippen LogP contribution in [0.1, 0.15) is 45.1 Å². The summed E-state index contributed by atoms with van der Waals surface area (Å²) in [7, 11) is 1.88. The lowest BCUT2D eigenvalue weighted by atomic mass is 9.86. The second-order valence-electron chi connectivity index (χ2n) is 8.88. The summed E-state index contributed by atoms with van der Waals surface area (Å²) in [6.45, 7) is 9.17. The third kappa shape index (κ3) is 8.06. The van der Waals surface area contributed by atoms with Gasteiger partial charge in [-0.05, 0) is 43.1 Å². The molecule has 0 spiro atoms. The third-order valence-corrected chi connectivity index (χ3v) is 5.75. The number of guanidine groups is 1. The minimum absolute atomic E-state index is 0. The van der Waals surface area contributed by atoms with Crippen molar-refractivity contribution in [3.05, 3.63) is 35.9 Å². The molecule has 3 rings (SSSR count). The summed E-state index contributed by atoms with van der Waals surface area (Å²) in [5, 5.41) is 3.61. The molecule has 2 aliphatic rings. The Hall–Kier alpha value is -0.860. The molecule has 164 valence electrons. The Balaban J connectivity index is 0.00000300. The van der Waals surface area contributed by atoms with Crippen LogP contribution in [0.25, 0.3) is 0 Å². The maximum absolute atomic E-state index is 6.10. The first-order valence-corrected chi connectivity index (χ1v) is 10.8. The fourth-order valence-corrected chi connectivity index (χ4v) is 4.12. The summed E-state index contributed by atoms with van der Waals surface area (Å²) >= 11 is 0. The molecule has 0 radical (unpaired) electrons. The highest BCUT2D eigenvalue weighted by molar-refractivity contribution is 14.0. The van der Waals surface area contributed by atoms with Crippen molar-refractivity contribution in [1.29, 1.82) is 0 Å². The van der Waals surface area contributed by atoms with Crippen molar-refractivity contribution in [2.75, 3.05) is 39.9 Å². The maximum atomic E-state index is 6.10. The van der Waals surface area contributed by atoms with Gasteiger partial charge in [-0.15, -0.1) is 24.0 Å². The third-order valence-electron chi connectivity index (χ3n) is 5.75. The van der Waals surface area contributed by atoms with Crippen molar-refractivity contribution < 1.29 is 9.47 Å². The molecular formula is C23H38IN3O2. The van der Waals surface area contributed by atoms with Crippen LogP contribution in [0, 0.1) is 5.41 Å². The van der Waals surface area contributed by atoms with Crippen LogP contribution in [0.5, 0.6) is 0 Å². The second-order valence-corrected chi connectivity index (χ2v) is 8.88. The Morgan fingerprint density at radius 3 is 2.55 bits per heavy atom. The van der Waals surface area contributed by atoms with Crippen molar-refractivity contribution in [3.8, 4) is 0 Å². The van der Waals surface area contributed by atoms with Crippen molar-refractivity contribution in [1.82, 2.24) is 10.2 Å². The molecule has 0 aliphatic carbocycles. The molecule has 2 fully saturated rings. The van der Waals surface area contributed by atoms with E-state index in [0.717, 1.165) is 64.5 Å². The summed E-state index contributed by atoms with van der Waals surface area (Å²) in [5.74, 6) is 1.01. The SMILES string of the molecule is CN=C(NCC(C)(C)Cc1ccccc1)N1CCC(OCC2CCCO2)CC1.I.